The summed E-state index contributed by atoms with van der Waals surface area (Å²) in [7, 11) is 0. The topological polar surface area (TPSA) is 59.4 Å². The molecule has 3 heterocycles. The number of piperidine rings is 1. The van der Waals surface area contributed by atoms with E-state index in [-0.39, 0.29) is 12.3 Å². The van der Waals surface area contributed by atoms with Crippen LogP contribution in [0.2, 0.25) is 0 Å². The molecule has 1 N–H and O–H groups in total. The van der Waals surface area contributed by atoms with Crippen molar-refractivity contribution in [1.29, 1.82) is 0 Å². The zero-order chi connectivity index (χ0) is 17.3. The molecule has 0 aromatic carbocycles. The molecular weight excluding hydrogens is 304 g/mol. The van der Waals surface area contributed by atoms with Gasteiger partial charge in [-0.05, 0) is 71.4 Å². The van der Waals surface area contributed by atoms with Crippen LogP contribution < -0.4 is 5.32 Å². The van der Waals surface area contributed by atoms with Gasteiger partial charge in [0.1, 0.15) is 11.8 Å². The van der Waals surface area contributed by atoms with Crippen molar-refractivity contribution in [2.75, 3.05) is 19.6 Å². The van der Waals surface area contributed by atoms with Gasteiger partial charge in [0.25, 0.3) is 0 Å². The van der Waals surface area contributed by atoms with Crippen molar-refractivity contribution < 1.29 is 9.53 Å². The third-order valence-corrected chi connectivity index (χ3v) is 4.95. The van der Waals surface area contributed by atoms with E-state index >= 15 is 0 Å². The fraction of sp³-hybridized carbons (Fsp3) is 0.778. The lowest BCUT2D eigenvalue weighted by molar-refractivity contribution is 0.0147. The Morgan fingerprint density at radius 3 is 2.79 bits per heavy atom. The van der Waals surface area contributed by atoms with E-state index in [0.717, 1.165) is 32.5 Å². The van der Waals surface area contributed by atoms with Gasteiger partial charge in [-0.2, -0.15) is 5.10 Å². The number of nitrogens with one attached hydrogen (secondary N) is 1. The second-order valence-corrected chi connectivity index (χ2v) is 7.97. The van der Waals surface area contributed by atoms with Crippen LogP contribution in [0.25, 0.3) is 0 Å². The van der Waals surface area contributed by atoms with E-state index in [0.29, 0.717) is 5.92 Å². The average Bonchev–Trinajstić information content (AvgIpc) is 3.12. The van der Waals surface area contributed by atoms with Gasteiger partial charge >= 0.3 is 6.09 Å². The van der Waals surface area contributed by atoms with Crippen LogP contribution in [0.3, 0.4) is 0 Å². The molecule has 2 saturated heterocycles. The molecule has 1 aromatic heterocycles. The van der Waals surface area contributed by atoms with Crippen LogP contribution in [0.15, 0.2) is 6.20 Å². The molecule has 3 rings (SSSR count). The predicted molar refractivity (Wildman–Crippen MR) is 93.0 cm³/mol. The normalized spacial score (nSPS) is 25.1. The molecule has 2 aliphatic rings. The molecule has 1 amide bonds. The van der Waals surface area contributed by atoms with Crippen LogP contribution in [0.4, 0.5) is 4.79 Å². The highest BCUT2D eigenvalue weighted by Crippen LogP contribution is 2.32. The van der Waals surface area contributed by atoms with E-state index in [1.807, 2.05) is 36.5 Å². The van der Waals surface area contributed by atoms with Crippen LogP contribution in [-0.2, 0) is 4.74 Å². The first-order chi connectivity index (χ1) is 11.4. The number of nitrogens with zero attached hydrogens (tertiary/aromatic N) is 3. The summed E-state index contributed by atoms with van der Waals surface area (Å²) in [6.45, 7) is 10.7. The van der Waals surface area contributed by atoms with E-state index in [1.165, 1.54) is 24.1 Å². The Labute approximate surface area is 144 Å². The molecule has 24 heavy (non-hydrogen) atoms. The zero-order valence-electron chi connectivity index (χ0n) is 15.3. The highest BCUT2D eigenvalue weighted by atomic mass is 16.6. The van der Waals surface area contributed by atoms with Gasteiger partial charge in [0, 0.05) is 18.8 Å². The number of carbonyl (C=O) groups excluding carboxylic acids is 1. The second-order valence-electron chi connectivity index (χ2n) is 7.97. The first kappa shape index (κ1) is 17.3. The lowest BCUT2D eigenvalue weighted by atomic mass is 9.92. The number of rotatable bonds is 2. The Hall–Kier alpha value is -1.56. The summed E-state index contributed by atoms with van der Waals surface area (Å²) in [6, 6.07) is 0. The summed E-state index contributed by atoms with van der Waals surface area (Å²) >= 11 is 0. The van der Waals surface area contributed by atoms with E-state index in [1.54, 1.807) is 0 Å². The maximum Gasteiger partial charge on any atom is 0.411 e. The first-order valence-electron chi connectivity index (χ1n) is 9.11. The van der Waals surface area contributed by atoms with Gasteiger partial charge in [-0.3, -0.25) is 4.90 Å². The quantitative estimate of drug-likeness (QED) is 0.902. The monoisotopic (exact) mass is 334 g/mol. The fourth-order valence-electron chi connectivity index (χ4n) is 3.79. The Bertz CT molecular complexity index is 584. The van der Waals surface area contributed by atoms with Gasteiger partial charge in [-0.15, -0.1) is 0 Å². The molecule has 6 nitrogen and oxygen atoms in total. The maximum atomic E-state index is 12.5. The molecule has 1 aromatic rings. The highest BCUT2D eigenvalue weighted by molar-refractivity contribution is 5.68. The predicted octanol–water partition coefficient (Wildman–Crippen LogP) is 3.19. The van der Waals surface area contributed by atoms with Crippen LogP contribution in [0.1, 0.15) is 69.8 Å². The number of amides is 1. The summed E-state index contributed by atoms with van der Waals surface area (Å²) in [5.41, 5.74) is 2.03. The SMILES string of the molecule is Cc1c(C2CCCNC2)cnn1C1CCCN1C(=O)OC(C)(C)C. The molecule has 2 aliphatic heterocycles. The Morgan fingerprint density at radius 2 is 2.12 bits per heavy atom. The number of hydrogen-bond donors (Lipinski definition) is 1. The maximum absolute atomic E-state index is 12.5. The van der Waals surface area contributed by atoms with Gasteiger partial charge in [0.2, 0.25) is 0 Å². The minimum Gasteiger partial charge on any atom is -0.444 e. The summed E-state index contributed by atoms with van der Waals surface area (Å²) in [5, 5.41) is 8.11. The zero-order valence-corrected chi connectivity index (χ0v) is 15.3. The molecule has 2 fully saturated rings. The molecule has 0 radical (unpaired) electrons. The fourth-order valence-corrected chi connectivity index (χ4v) is 3.79. The summed E-state index contributed by atoms with van der Waals surface area (Å²) in [5.74, 6) is 0.531. The molecule has 134 valence electrons. The van der Waals surface area contributed by atoms with Gasteiger partial charge < -0.3 is 10.1 Å². The summed E-state index contributed by atoms with van der Waals surface area (Å²) in [4.78, 5) is 14.3. The smallest absolute Gasteiger partial charge is 0.411 e. The van der Waals surface area contributed by atoms with Gasteiger partial charge in [-0.1, -0.05) is 0 Å². The highest BCUT2D eigenvalue weighted by Gasteiger charge is 2.35. The molecule has 6 heteroatoms. The van der Waals surface area contributed by atoms with E-state index in [4.69, 9.17) is 4.74 Å². The van der Waals surface area contributed by atoms with Crippen LogP contribution in [0, 0.1) is 6.92 Å². The molecule has 0 saturated carbocycles. The minimum absolute atomic E-state index is 0.0230. The molecule has 2 atom stereocenters. The second kappa shape index (κ2) is 6.75. The minimum atomic E-state index is -0.470. The molecular formula is C18H30N4O2. The van der Waals surface area contributed by atoms with Gasteiger partial charge in [-0.25, -0.2) is 9.48 Å². The van der Waals surface area contributed by atoms with Crippen molar-refractivity contribution in [2.45, 2.75) is 71.1 Å². The van der Waals surface area contributed by atoms with Crippen LogP contribution in [0.5, 0.6) is 0 Å². The van der Waals surface area contributed by atoms with Crippen molar-refractivity contribution >= 4 is 6.09 Å². The lowest BCUT2D eigenvalue weighted by Crippen LogP contribution is -2.38. The lowest BCUT2D eigenvalue weighted by Gasteiger charge is -2.29. The number of hydrogen-bond acceptors (Lipinski definition) is 4. The van der Waals surface area contributed by atoms with Crippen molar-refractivity contribution in [3.05, 3.63) is 17.5 Å². The molecule has 0 bridgehead atoms. The van der Waals surface area contributed by atoms with Crippen molar-refractivity contribution in [1.82, 2.24) is 20.0 Å². The van der Waals surface area contributed by atoms with Crippen molar-refractivity contribution in [3.63, 3.8) is 0 Å². The molecule has 0 aliphatic carbocycles. The van der Waals surface area contributed by atoms with Crippen LogP contribution in [-0.4, -0.2) is 46.0 Å². The first-order valence-corrected chi connectivity index (χ1v) is 9.11. The molecule has 2 unspecified atom stereocenters. The number of aromatic nitrogens is 2. The largest absolute Gasteiger partial charge is 0.444 e. The van der Waals surface area contributed by atoms with Crippen LogP contribution >= 0.6 is 0 Å². The van der Waals surface area contributed by atoms with Crippen molar-refractivity contribution in [2.24, 2.45) is 0 Å². The Balaban J connectivity index is 1.78. The van der Waals surface area contributed by atoms with E-state index in [9.17, 15) is 4.79 Å². The van der Waals surface area contributed by atoms with Gasteiger partial charge in [0.15, 0.2) is 0 Å². The van der Waals surface area contributed by atoms with E-state index in [2.05, 4.69) is 17.3 Å². The standard InChI is InChI=1S/C18H30N4O2/c1-13-15(14-7-5-9-19-11-14)12-20-22(13)16-8-6-10-21(16)17(23)24-18(2,3)4/h12,14,16,19H,5-11H2,1-4H3. The average molecular weight is 334 g/mol. The molecule has 0 spiro atoms. The Morgan fingerprint density at radius 1 is 1.33 bits per heavy atom. The number of ether oxygens (including phenoxy) is 1. The van der Waals surface area contributed by atoms with E-state index < -0.39 is 5.60 Å². The number of likely N-dealkylation sites (tertiary alicyclic amines) is 1. The third-order valence-electron chi connectivity index (χ3n) is 4.95. The Kier molecular flexibility index (Phi) is 4.85. The number of carbonyl (C=O) groups is 1. The summed E-state index contributed by atoms with van der Waals surface area (Å²) < 4.78 is 7.60. The van der Waals surface area contributed by atoms with Gasteiger partial charge in [0.05, 0.1) is 6.20 Å². The summed E-state index contributed by atoms with van der Waals surface area (Å²) in [6.07, 6.45) is 6.08. The van der Waals surface area contributed by atoms with Crippen molar-refractivity contribution in [3.8, 4) is 0 Å². The third kappa shape index (κ3) is 3.58.